The quantitative estimate of drug-likeness (QED) is 0.816. The van der Waals surface area contributed by atoms with Crippen molar-refractivity contribution >= 4 is 0 Å². The molecule has 0 saturated carbocycles. The number of hydrogen-bond acceptors (Lipinski definition) is 5. The van der Waals surface area contributed by atoms with Gasteiger partial charge in [0.25, 0.3) is 0 Å². The van der Waals surface area contributed by atoms with Gasteiger partial charge in [-0.15, -0.1) is 0 Å². The van der Waals surface area contributed by atoms with E-state index in [0.29, 0.717) is 0 Å². The van der Waals surface area contributed by atoms with Crippen molar-refractivity contribution in [2.24, 2.45) is 5.92 Å². The first kappa shape index (κ1) is 14.5. The number of aromatic nitrogens is 2. The molecule has 0 bridgehead atoms. The molecule has 2 rings (SSSR count). The third-order valence-electron chi connectivity index (χ3n) is 3.76. The average Bonchev–Trinajstić information content (AvgIpc) is 2.87. The van der Waals surface area contributed by atoms with Gasteiger partial charge in [-0.1, -0.05) is 19.0 Å². The second-order valence-corrected chi connectivity index (χ2v) is 5.38. The van der Waals surface area contributed by atoms with E-state index in [1.54, 1.807) is 0 Å². The third-order valence-corrected chi connectivity index (χ3v) is 3.76. The Balaban J connectivity index is 1.83. The molecule has 0 aromatic carbocycles. The predicted octanol–water partition coefficient (Wildman–Crippen LogP) is 1.84. The normalized spacial score (nSPS) is 17.2. The molecule has 0 atom stereocenters. The van der Waals surface area contributed by atoms with Gasteiger partial charge in [0.1, 0.15) is 0 Å². The highest BCUT2D eigenvalue weighted by Crippen LogP contribution is 2.14. The van der Waals surface area contributed by atoms with Gasteiger partial charge in [0.2, 0.25) is 5.89 Å². The van der Waals surface area contributed by atoms with E-state index in [1.165, 1.54) is 12.8 Å². The molecule has 0 amide bonds. The highest BCUT2D eigenvalue weighted by Gasteiger charge is 2.17. The molecular formula is C14H26N4O. The molecule has 1 N–H and O–H groups in total. The topological polar surface area (TPSA) is 54.2 Å². The second-order valence-electron chi connectivity index (χ2n) is 5.38. The first-order valence-electron chi connectivity index (χ1n) is 7.56. The van der Waals surface area contributed by atoms with Crippen LogP contribution < -0.4 is 5.32 Å². The smallest absolute Gasteiger partial charge is 0.226 e. The highest BCUT2D eigenvalue weighted by atomic mass is 16.5. The molecule has 5 nitrogen and oxygen atoms in total. The first-order valence-corrected chi connectivity index (χ1v) is 7.56. The fourth-order valence-corrected chi connectivity index (χ4v) is 2.60. The van der Waals surface area contributed by atoms with Crippen LogP contribution in [0.5, 0.6) is 0 Å². The van der Waals surface area contributed by atoms with Crippen molar-refractivity contribution in [3.8, 4) is 0 Å². The van der Waals surface area contributed by atoms with Gasteiger partial charge in [0.15, 0.2) is 5.82 Å². The van der Waals surface area contributed by atoms with E-state index in [9.17, 15) is 0 Å². The van der Waals surface area contributed by atoms with Crippen LogP contribution in [0.3, 0.4) is 0 Å². The van der Waals surface area contributed by atoms with Crippen LogP contribution in [-0.4, -0.2) is 41.2 Å². The monoisotopic (exact) mass is 266 g/mol. The number of nitrogens with one attached hydrogen (secondary N) is 1. The number of aryl methyl sites for hydroxylation is 1. The van der Waals surface area contributed by atoms with E-state index in [-0.39, 0.29) is 0 Å². The largest absolute Gasteiger partial charge is 0.339 e. The molecule has 1 aliphatic heterocycles. The summed E-state index contributed by atoms with van der Waals surface area (Å²) in [6.45, 7) is 9.65. The maximum atomic E-state index is 5.24. The number of rotatable bonds is 7. The summed E-state index contributed by atoms with van der Waals surface area (Å²) in [4.78, 5) is 6.88. The van der Waals surface area contributed by atoms with Crippen molar-refractivity contribution in [3.63, 3.8) is 0 Å². The van der Waals surface area contributed by atoms with Crippen molar-refractivity contribution in [1.82, 2.24) is 20.4 Å². The van der Waals surface area contributed by atoms with Crippen LogP contribution in [-0.2, 0) is 13.0 Å². The van der Waals surface area contributed by atoms with Crippen LogP contribution in [0.4, 0.5) is 0 Å². The van der Waals surface area contributed by atoms with Crippen LogP contribution >= 0.6 is 0 Å². The lowest BCUT2D eigenvalue weighted by Crippen LogP contribution is -2.36. The van der Waals surface area contributed by atoms with E-state index >= 15 is 0 Å². The molecule has 0 spiro atoms. The zero-order valence-corrected chi connectivity index (χ0v) is 12.2. The zero-order valence-electron chi connectivity index (χ0n) is 12.2. The van der Waals surface area contributed by atoms with E-state index in [1.807, 2.05) is 0 Å². The molecule has 0 unspecified atom stereocenters. The van der Waals surface area contributed by atoms with Crippen LogP contribution in [0, 0.1) is 5.92 Å². The average molecular weight is 266 g/mol. The third kappa shape index (κ3) is 4.58. The summed E-state index contributed by atoms with van der Waals surface area (Å²) in [6.07, 6.45) is 4.50. The van der Waals surface area contributed by atoms with Crippen LogP contribution in [0.25, 0.3) is 0 Å². The second kappa shape index (κ2) is 7.60. The number of hydrogen-bond donors (Lipinski definition) is 1. The van der Waals surface area contributed by atoms with Gasteiger partial charge in [-0.3, -0.25) is 4.90 Å². The first-order chi connectivity index (χ1) is 9.31. The van der Waals surface area contributed by atoms with Gasteiger partial charge in [-0.25, -0.2) is 0 Å². The van der Waals surface area contributed by atoms with Crippen molar-refractivity contribution in [2.45, 2.75) is 46.1 Å². The molecule has 1 saturated heterocycles. The summed E-state index contributed by atoms with van der Waals surface area (Å²) in [6, 6.07) is 0. The zero-order chi connectivity index (χ0) is 13.5. The SMILES string of the molecule is CCCc1nc(CN(CC)CC2CCNCC2)no1. The number of piperidine rings is 1. The Morgan fingerprint density at radius 2 is 2.11 bits per heavy atom. The molecule has 108 valence electrons. The maximum absolute atomic E-state index is 5.24. The predicted molar refractivity (Wildman–Crippen MR) is 74.8 cm³/mol. The van der Waals surface area contributed by atoms with Crippen molar-refractivity contribution in [1.29, 1.82) is 0 Å². The minimum atomic E-state index is 0.774. The molecule has 19 heavy (non-hydrogen) atoms. The molecule has 1 fully saturated rings. The molecule has 1 aromatic heterocycles. The Labute approximate surface area is 115 Å². The van der Waals surface area contributed by atoms with Gasteiger partial charge in [-0.05, 0) is 44.8 Å². The Bertz CT molecular complexity index is 360. The van der Waals surface area contributed by atoms with Crippen molar-refractivity contribution in [3.05, 3.63) is 11.7 Å². The fourth-order valence-electron chi connectivity index (χ4n) is 2.60. The maximum Gasteiger partial charge on any atom is 0.226 e. The molecule has 0 aliphatic carbocycles. The summed E-state index contributed by atoms with van der Waals surface area (Å²) in [5.41, 5.74) is 0. The van der Waals surface area contributed by atoms with Gasteiger partial charge >= 0.3 is 0 Å². The Morgan fingerprint density at radius 1 is 1.32 bits per heavy atom. The van der Waals surface area contributed by atoms with Crippen LogP contribution in [0.1, 0.15) is 44.8 Å². The summed E-state index contributed by atoms with van der Waals surface area (Å²) in [7, 11) is 0. The minimum absolute atomic E-state index is 0.774. The molecule has 0 radical (unpaired) electrons. The Morgan fingerprint density at radius 3 is 2.79 bits per heavy atom. The van der Waals surface area contributed by atoms with E-state index in [4.69, 9.17) is 4.52 Å². The lowest BCUT2D eigenvalue weighted by molar-refractivity contribution is 0.201. The lowest BCUT2D eigenvalue weighted by Gasteiger charge is -2.28. The van der Waals surface area contributed by atoms with Gasteiger partial charge in [0, 0.05) is 13.0 Å². The highest BCUT2D eigenvalue weighted by molar-refractivity contribution is 4.87. The lowest BCUT2D eigenvalue weighted by atomic mass is 9.97. The van der Waals surface area contributed by atoms with Gasteiger partial charge in [-0.2, -0.15) is 4.98 Å². The number of nitrogens with zero attached hydrogens (tertiary/aromatic N) is 3. The van der Waals surface area contributed by atoms with Gasteiger partial charge in [0.05, 0.1) is 6.54 Å². The van der Waals surface area contributed by atoms with E-state index < -0.39 is 0 Å². The van der Waals surface area contributed by atoms with E-state index in [2.05, 4.69) is 34.2 Å². The fraction of sp³-hybridized carbons (Fsp3) is 0.857. The molecule has 1 aliphatic rings. The molecule has 1 aromatic rings. The van der Waals surface area contributed by atoms with Crippen LogP contribution in [0.15, 0.2) is 4.52 Å². The molecule has 5 heteroatoms. The molecule has 2 heterocycles. The molecular weight excluding hydrogens is 240 g/mol. The van der Waals surface area contributed by atoms with Crippen molar-refractivity contribution in [2.75, 3.05) is 26.2 Å². The summed E-state index contributed by atoms with van der Waals surface area (Å²) < 4.78 is 5.24. The minimum Gasteiger partial charge on any atom is -0.339 e. The standard InChI is InChI=1S/C14H26N4O/c1-3-5-14-16-13(17-19-14)11-18(4-2)10-12-6-8-15-9-7-12/h12,15H,3-11H2,1-2H3. The summed E-state index contributed by atoms with van der Waals surface area (Å²) in [5.74, 6) is 2.41. The Kier molecular flexibility index (Phi) is 5.79. The van der Waals surface area contributed by atoms with Gasteiger partial charge < -0.3 is 9.84 Å². The van der Waals surface area contributed by atoms with Crippen LogP contribution in [0.2, 0.25) is 0 Å². The van der Waals surface area contributed by atoms with E-state index in [0.717, 1.165) is 63.2 Å². The summed E-state index contributed by atoms with van der Waals surface area (Å²) >= 11 is 0. The Hall–Kier alpha value is -0.940. The summed E-state index contributed by atoms with van der Waals surface area (Å²) in [5, 5.41) is 7.49. The van der Waals surface area contributed by atoms with Crippen molar-refractivity contribution < 1.29 is 4.52 Å².